The molecule has 146 valence electrons. The Morgan fingerprint density at radius 1 is 1.35 bits per heavy atom. The summed E-state index contributed by atoms with van der Waals surface area (Å²) in [4.78, 5) is 14.8. The Morgan fingerprint density at radius 2 is 2.00 bits per heavy atom. The summed E-state index contributed by atoms with van der Waals surface area (Å²) >= 11 is 0. The minimum absolute atomic E-state index is 0.120. The molecule has 9 heteroatoms. The highest BCUT2D eigenvalue weighted by atomic mass is 32.2. The van der Waals surface area contributed by atoms with Crippen molar-refractivity contribution in [1.82, 2.24) is 10.2 Å². The number of anilines is 1. The Kier molecular flexibility index (Phi) is 7.36. The van der Waals surface area contributed by atoms with Gasteiger partial charge < -0.3 is 10.1 Å². The minimum Gasteiger partial charge on any atom is -0.379 e. The van der Waals surface area contributed by atoms with Crippen molar-refractivity contribution in [1.29, 1.82) is 0 Å². The van der Waals surface area contributed by atoms with Crippen LogP contribution in [0.25, 0.3) is 0 Å². The summed E-state index contributed by atoms with van der Waals surface area (Å²) in [5.41, 5.74) is -0.120. The number of sulfonamides is 1. The lowest BCUT2D eigenvalue weighted by Gasteiger charge is -2.31. The number of carbonyl (C=O) groups excluding carboxylic acids is 1. The van der Waals surface area contributed by atoms with Crippen LogP contribution in [0.5, 0.6) is 0 Å². The lowest BCUT2D eigenvalue weighted by molar-refractivity contribution is -0.122. The average Bonchev–Trinajstić information content (AvgIpc) is 2.60. The first kappa shape index (κ1) is 20.6. The molecular formula is C17H26FN3O4S. The van der Waals surface area contributed by atoms with Crippen molar-refractivity contribution in [2.75, 3.05) is 50.0 Å². The van der Waals surface area contributed by atoms with Gasteiger partial charge in [-0.1, -0.05) is 19.1 Å². The zero-order chi connectivity index (χ0) is 19.2. The van der Waals surface area contributed by atoms with Gasteiger partial charge in [-0.05, 0) is 18.6 Å². The first-order valence-electron chi connectivity index (χ1n) is 8.66. The minimum atomic E-state index is -3.84. The van der Waals surface area contributed by atoms with Gasteiger partial charge in [0.15, 0.2) is 0 Å². The number of hydrogen-bond acceptors (Lipinski definition) is 5. The fourth-order valence-corrected chi connectivity index (χ4v) is 4.16. The molecule has 1 saturated heterocycles. The van der Waals surface area contributed by atoms with Crippen molar-refractivity contribution in [3.05, 3.63) is 30.1 Å². The molecule has 1 aliphatic rings. The number of ether oxygens (including phenoxy) is 1. The number of amides is 1. The highest BCUT2D eigenvalue weighted by Crippen LogP contribution is 2.25. The Balaban J connectivity index is 2.09. The molecule has 0 bridgehead atoms. The summed E-state index contributed by atoms with van der Waals surface area (Å²) in [6.07, 6.45) is 1.20. The number of hydrogen-bond donors (Lipinski definition) is 1. The molecule has 26 heavy (non-hydrogen) atoms. The van der Waals surface area contributed by atoms with Crippen molar-refractivity contribution in [2.45, 2.75) is 19.4 Å². The van der Waals surface area contributed by atoms with Gasteiger partial charge in [-0.3, -0.25) is 14.0 Å². The number of rotatable bonds is 8. The zero-order valence-electron chi connectivity index (χ0n) is 15.2. The summed E-state index contributed by atoms with van der Waals surface area (Å²) < 4.78 is 44.8. The third-order valence-electron chi connectivity index (χ3n) is 4.25. The van der Waals surface area contributed by atoms with E-state index >= 15 is 0 Å². The number of morpholine rings is 1. The molecule has 0 aliphatic carbocycles. The first-order valence-corrected chi connectivity index (χ1v) is 10.5. The van der Waals surface area contributed by atoms with Crippen molar-refractivity contribution in [2.24, 2.45) is 0 Å². The van der Waals surface area contributed by atoms with Gasteiger partial charge in [0.2, 0.25) is 15.9 Å². The molecule has 1 amide bonds. The number of carbonyl (C=O) groups is 1. The van der Waals surface area contributed by atoms with E-state index in [0.717, 1.165) is 23.7 Å². The van der Waals surface area contributed by atoms with Gasteiger partial charge in [-0.15, -0.1) is 0 Å². The van der Waals surface area contributed by atoms with Crippen LogP contribution < -0.4 is 9.62 Å². The molecule has 0 aromatic heterocycles. The maximum atomic E-state index is 14.2. The monoisotopic (exact) mass is 387 g/mol. The van der Waals surface area contributed by atoms with Crippen LogP contribution in [0.1, 0.15) is 13.3 Å². The molecule has 0 saturated carbocycles. The predicted molar refractivity (Wildman–Crippen MR) is 98.1 cm³/mol. The maximum Gasteiger partial charge on any atom is 0.243 e. The number of para-hydroxylation sites is 1. The van der Waals surface area contributed by atoms with E-state index in [2.05, 4.69) is 10.2 Å². The SMILES string of the molecule is CC[C@H](C(=O)NCCN1CCOCC1)N(c1ccccc1F)S(C)(=O)=O. The first-order chi connectivity index (χ1) is 12.3. The van der Waals surface area contributed by atoms with E-state index in [1.165, 1.54) is 18.2 Å². The van der Waals surface area contributed by atoms with Gasteiger partial charge in [0.25, 0.3) is 0 Å². The fourth-order valence-electron chi connectivity index (χ4n) is 2.95. The van der Waals surface area contributed by atoms with Gasteiger partial charge >= 0.3 is 0 Å². The zero-order valence-corrected chi connectivity index (χ0v) is 16.0. The standard InChI is InChI=1S/C17H26FN3O4S/c1-3-15(17(22)19-8-9-20-10-12-25-13-11-20)21(26(2,23)24)16-7-5-4-6-14(16)18/h4-7,15H,3,8-13H2,1-2H3,(H,19,22)/t15-/m1/s1. The molecule has 1 N–H and O–H groups in total. The van der Waals surface area contributed by atoms with Crippen LogP contribution in [-0.4, -0.2) is 70.9 Å². The van der Waals surface area contributed by atoms with E-state index in [1.807, 2.05) is 0 Å². The lowest BCUT2D eigenvalue weighted by Crippen LogP contribution is -2.51. The van der Waals surface area contributed by atoms with E-state index in [9.17, 15) is 17.6 Å². The van der Waals surface area contributed by atoms with Gasteiger partial charge in [-0.25, -0.2) is 12.8 Å². The maximum absolute atomic E-state index is 14.2. The predicted octanol–water partition coefficient (Wildman–Crippen LogP) is 0.819. The second-order valence-corrected chi connectivity index (χ2v) is 8.04. The summed E-state index contributed by atoms with van der Waals surface area (Å²) in [7, 11) is -3.84. The Morgan fingerprint density at radius 3 is 2.58 bits per heavy atom. The molecule has 1 aliphatic heterocycles. The number of nitrogens with zero attached hydrogens (tertiary/aromatic N) is 2. The summed E-state index contributed by atoms with van der Waals surface area (Å²) in [5, 5.41) is 2.77. The van der Waals surface area contributed by atoms with Crippen LogP contribution in [0.4, 0.5) is 10.1 Å². The van der Waals surface area contributed by atoms with Crippen molar-refractivity contribution in [3.63, 3.8) is 0 Å². The number of benzene rings is 1. The van der Waals surface area contributed by atoms with Crippen LogP contribution in [0.15, 0.2) is 24.3 Å². The Bertz CT molecular complexity index is 708. The molecule has 1 aromatic carbocycles. The van der Waals surface area contributed by atoms with Gasteiger partial charge in [0.05, 0.1) is 25.2 Å². The molecule has 0 unspecified atom stereocenters. The fraction of sp³-hybridized carbons (Fsp3) is 0.588. The smallest absolute Gasteiger partial charge is 0.243 e. The van der Waals surface area contributed by atoms with Crippen molar-refractivity contribution < 1.29 is 22.3 Å². The molecular weight excluding hydrogens is 361 g/mol. The van der Waals surface area contributed by atoms with Crippen molar-refractivity contribution in [3.8, 4) is 0 Å². The topological polar surface area (TPSA) is 79.0 Å². The largest absolute Gasteiger partial charge is 0.379 e. The van der Waals surface area contributed by atoms with Crippen LogP contribution in [-0.2, 0) is 19.6 Å². The molecule has 7 nitrogen and oxygen atoms in total. The van der Waals surface area contributed by atoms with E-state index in [-0.39, 0.29) is 12.1 Å². The number of halogens is 1. The van der Waals surface area contributed by atoms with E-state index in [4.69, 9.17) is 4.74 Å². The molecule has 0 spiro atoms. The second kappa shape index (κ2) is 9.29. The normalized spacial score (nSPS) is 16.9. The molecule has 1 fully saturated rings. The molecule has 1 atom stereocenters. The molecule has 1 heterocycles. The third kappa shape index (κ3) is 5.39. The highest BCUT2D eigenvalue weighted by Gasteiger charge is 2.32. The summed E-state index contributed by atoms with van der Waals surface area (Å²) in [6.45, 7) is 5.69. The van der Waals surface area contributed by atoms with Gasteiger partial charge in [0.1, 0.15) is 11.9 Å². The Hall–Kier alpha value is -1.71. The van der Waals surface area contributed by atoms with Crippen molar-refractivity contribution >= 4 is 21.6 Å². The van der Waals surface area contributed by atoms with Crippen LogP contribution >= 0.6 is 0 Å². The third-order valence-corrected chi connectivity index (χ3v) is 5.42. The summed E-state index contributed by atoms with van der Waals surface area (Å²) in [6, 6.07) is 4.55. The molecule has 2 rings (SSSR count). The molecule has 1 aromatic rings. The van der Waals surface area contributed by atoms with E-state index in [0.29, 0.717) is 26.3 Å². The van der Waals surface area contributed by atoms with Crippen LogP contribution in [0.2, 0.25) is 0 Å². The highest BCUT2D eigenvalue weighted by molar-refractivity contribution is 7.92. The van der Waals surface area contributed by atoms with Gasteiger partial charge in [-0.2, -0.15) is 0 Å². The molecule has 0 radical (unpaired) electrons. The number of nitrogens with one attached hydrogen (secondary N) is 1. The average molecular weight is 387 g/mol. The van der Waals surface area contributed by atoms with E-state index in [1.54, 1.807) is 13.0 Å². The quantitative estimate of drug-likeness (QED) is 0.715. The van der Waals surface area contributed by atoms with E-state index < -0.39 is 27.8 Å². The second-order valence-electron chi connectivity index (χ2n) is 6.18. The van der Waals surface area contributed by atoms with Crippen LogP contribution in [0, 0.1) is 5.82 Å². The Labute approximate surface area is 154 Å². The lowest BCUT2D eigenvalue weighted by atomic mass is 10.2. The summed E-state index contributed by atoms with van der Waals surface area (Å²) in [5.74, 6) is -1.12. The van der Waals surface area contributed by atoms with Crippen LogP contribution in [0.3, 0.4) is 0 Å². The van der Waals surface area contributed by atoms with Gasteiger partial charge in [0, 0.05) is 26.2 Å².